The number of rotatable bonds is 5. The van der Waals surface area contributed by atoms with Gasteiger partial charge in [-0.25, -0.2) is 0 Å². The molecule has 1 atom stereocenters. The molecule has 15 heavy (non-hydrogen) atoms. The van der Waals surface area contributed by atoms with E-state index in [1.165, 1.54) is 6.08 Å². The highest BCUT2D eigenvalue weighted by molar-refractivity contribution is 6.51. The van der Waals surface area contributed by atoms with Crippen LogP contribution >= 0.6 is 0 Å². The highest BCUT2D eigenvalue weighted by Crippen LogP contribution is 2.27. The zero-order chi connectivity index (χ0) is 11.3. The van der Waals surface area contributed by atoms with E-state index < -0.39 is 13.3 Å². The Balaban J connectivity index is 2.79. The smallest absolute Gasteiger partial charge is 0.502 e. The van der Waals surface area contributed by atoms with Gasteiger partial charge in [0.2, 0.25) is 0 Å². The monoisotopic (exact) mass is 215 g/mol. The molecule has 1 nitrogen and oxygen atoms in total. The van der Waals surface area contributed by atoms with E-state index in [0.717, 1.165) is 0 Å². The van der Waals surface area contributed by atoms with Crippen LogP contribution in [0.5, 0.6) is 0 Å². The molecule has 1 rings (SSSR count). The van der Waals surface area contributed by atoms with Crippen LogP contribution in [-0.4, -0.2) is 7.18 Å². The van der Waals surface area contributed by atoms with E-state index in [0.29, 0.717) is 5.56 Å². The number of hydrogen-bond donors (Lipinski definition) is 0. The van der Waals surface area contributed by atoms with Gasteiger partial charge in [-0.2, -0.15) is 0 Å². The Labute approximate surface area is 86.7 Å². The van der Waals surface area contributed by atoms with Gasteiger partial charge < -0.3 is 17.6 Å². The lowest BCUT2D eigenvalue weighted by Gasteiger charge is -2.25. The van der Waals surface area contributed by atoms with E-state index in [-0.39, 0.29) is 6.42 Å². The van der Waals surface area contributed by atoms with Crippen molar-refractivity contribution in [2.24, 2.45) is 0 Å². The molecule has 0 amide bonds. The molecule has 0 spiro atoms. The van der Waals surface area contributed by atoms with Crippen LogP contribution in [0.1, 0.15) is 18.1 Å². The zero-order valence-corrected chi connectivity index (χ0v) is 8.08. The van der Waals surface area contributed by atoms with Gasteiger partial charge >= 0.3 is 7.18 Å². The van der Waals surface area contributed by atoms with Crippen LogP contribution in [-0.2, 0) is 4.65 Å². The Bertz CT molecular complexity index is 310. The molecule has 1 aromatic carbocycles. The molecular formula is C10H11BF3O-. The van der Waals surface area contributed by atoms with Crippen molar-refractivity contribution < 1.29 is 17.6 Å². The standard InChI is InChI=1S/C10H11BF3O/c1-2-6-10(15-11(12,13)14)9-7-4-3-5-8-9/h2-5,7-8,10H,1,6H2/q-1. The molecule has 0 bridgehead atoms. The summed E-state index contributed by atoms with van der Waals surface area (Å²) in [6.45, 7) is 3.42. The van der Waals surface area contributed by atoms with Gasteiger partial charge in [0, 0.05) is 6.10 Å². The summed E-state index contributed by atoms with van der Waals surface area (Å²) in [6.07, 6.45) is 0.578. The molecule has 1 unspecified atom stereocenters. The van der Waals surface area contributed by atoms with Crippen molar-refractivity contribution in [1.82, 2.24) is 0 Å². The van der Waals surface area contributed by atoms with Crippen molar-refractivity contribution in [3.8, 4) is 0 Å². The van der Waals surface area contributed by atoms with Gasteiger partial charge in [0.15, 0.2) is 0 Å². The van der Waals surface area contributed by atoms with Crippen LogP contribution in [0.2, 0.25) is 0 Å². The molecule has 0 saturated heterocycles. The zero-order valence-electron chi connectivity index (χ0n) is 8.08. The van der Waals surface area contributed by atoms with E-state index in [9.17, 15) is 12.9 Å². The molecule has 5 heteroatoms. The third-order valence-corrected chi connectivity index (χ3v) is 1.87. The third kappa shape index (κ3) is 4.21. The quantitative estimate of drug-likeness (QED) is 0.537. The Morgan fingerprint density at radius 1 is 1.27 bits per heavy atom. The van der Waals surface area contributed by atoms with Crippen LogP contribution in [0.25, 0.3) is 0 Å². The predicted octanol–water partition coefficient (Wildman–Crippen LogP) is 3.66. The van der Waals surface area contributed by atoms with E-state index in [2.05, 4.69) is 11.2 Å². The molecule has 0 saturated carbocycles. The summed E-state index contributed by atoms with van der Waals surface area (Å²) in [6, 6.07) is 8.31. The fraction of sp³-hybridized carbons (Fsp3) is 0.200. The minimum absolute atomic E-state index is 0.144. The fourth-order valence-corrected chi connectivity index (χ4v) is 1.28. The molecule has 1 aromatic rings. The molecule has 0 N–H and O–H groups in total. The van der Waals surface area contributed by atoms with Crippen molar-refractivity contribution >= 4 is 7.18 Å². The van der Waals surface area contributed by atoms with Crippen LogP contribution in [0.4, 0.5) is 12.9 Å². The Morgan fingerprint density at radius 3 is 2.33 bits per heavy atom. The first-order valence-electron chi connectivity index (χ1n) is 4.55. The maximum Gasteiger partial charge on any atom is 0.637 e. The summed E-state index contributed by atoms with van der Waals surface area (Å²) in [5, 5.41) is 0. The SMILES string of the molecule is C=CCC(O[B-](F)(F)F)c1ccccc1. The van der Waals surface area contributed by atoms with E-state index in [1.54, 1.807) is 30.3 Å². The lowest BCUT2D eigenvalue weighted by atomic mass is 10.0. The van der Waals surface area contributed by atoms with Gasteiger partial charge in [-0.15, -0.1) is 6.58 Å². The second kappa shape index (κ2) is 5.02. The summed E-state index contributed by atoms with van der Waals surface area (Å²) >= 11 is 0. The maximum atomic E-state index is 12.1. The Morgan fingerprint density at radius 2 is 1.87 bits per heavy atom. The first-order chi connectivity index (χ1) is 7.03. The predicted molar refractivity (Wildman–Crippen MR) is 54.2 cm³/mol. The van der Waals surface area contributed by atoms with Crippen molar-refractivity contribution in [2.75, 3.05) is 0 Å². The van der Waals surface area contributed by atoms with Gasteiger partial charge in [0.25, 0.3) is 0 Å². The average Bonchev–Trinajstić information content (AvgIpc) is 2.17. The second-order valence-corrected chi connectivity index (χ2v) is 3.07. The molecule has 0 aliphatic carbocycles. The summed E-state index contributed by atoms with van der Waals surface area (Å²) in [5.74, 6) is 0. The van der Waals surface area contributed by atoms with Crippen molar-refractivity contribution in [1.29, 1.82) is 0 Å². The van der Waals surface area contributed by atoms with Crippen LogP contribution in [0, 0.1) is 0 Å². The summed E-state index contributed by atoms with van der Waals surface area (Å²) in [5.41, 5.74) is 0.511. The first kappa shape index (κ1) is 11.8. The summed E-state index contributed by atoms with van der Waals surface area (Å²) in [4.78, 5) is 0. The molecule has 0 radical (unpaired) electrons. The molecule has 0 heterocycles. The van der Waals surface area contributed by atoms with Crippen molar-refractivity contribution in [2.45, 2.75) is 12.5 Å². The minimum atomic E-state index is -5.24. The van der Waals surface area contributed by atoms with Gasteiger partial charge in [-0.1, -0.05) is 36.4 Å². The molecular weight excluding hydrogens is 204 g/mol. The Kier molecular flexibility index (Phi) is 3.97. The lowest BCUT2D eigenvalue weighted by Crippen LogP contribution is -2.24. The summed E-state index contributed by atoms with van der Waals surface area (Å²) < 4.78 is 40.4. The number of hydrogen-bond acceptors (Lipinski definition) is 1. The normalized spacial score (nSPS) is 13.5. The van der Waals surface area contributed by atoms with Crippen LogP contribution in [0.3, 0.4) is 0 Å². The van der Waals surface area contributed by atoms with Gasteiger partial charge in [0.05, 0.1) is 0 Å². The highest BCUT2D eigenvalue weighted by atomic mass is 19.4. The number of benzene rings is 1. The van der Waals surface area contributed by atoms with Gasteiger partial charge in [-0.05, 0) is 12.0 Å². The van der Waals surface area contributed by atoms with Crippen molar-refractivity contribution in [3.05, 3.63) is 48.6 Å². The molecule has 0 aliphatic rings. The first-order valence-corrected chi connectivity index (χ1v) is 4.55. The second-order valence-electron chi connectivity index (χ2n) is 3.07. The topological polar surface area (TPSA) is 9.23 Å². The summed E-state index contributed by atoms with van der Waals surface area (Å²) in [7, 11) is -5.24. The lowest BCUT2D eigenvalue weighted by molar-refractivity contribution is 0.108. The molecule has 82 valence electrons. The van der Waals surface area contributed by atoms with Crippen molar-refractivity contribution in [3.63, 3.8) is 0 Å². The third-order valence-electron chi connectivity index (χ3n) is 1.87. The van der Waals surface area contributed by atoms with Crippen LogP contribution < -0.4 is 0 Å². The van der Waals surface area contributed by atoms with E-state index >= 15 is 0 Å². The number of halogens is 3. The van der Waals surface area contributed by atoms with E-state index in [4.69, 9.17) is 0 Å². The fourth-order valence-electron chi connectivity index (χ4n) is 1.28. The van der Waals surface area contributed by atoms with Crippen LogP contribution in [0.15, 0.2) is 43.0 Å². The average molecular weight is 215 g/mol. The largest absolute Gasteiger partial charge is 0.637 e. The maximum absolute atomic E-state index is 12.1. The molecule has 0 fully saturated rings. The highest BCUT2D eigenvalue weighted by Gasteiger charge is 2.29. The Hall–Kier alpha value is -1.23. The molecule has 0 aliphatic heterocycles. The minimum Gasteiger partial charge on any atom is -0.502 e. The van der Waals surface area contributed by atoms with E-state index in [1.807, 2.05) is 0 Å². The molecule has 0 aromatic heterocycles. The van der Waals surface area contributed by atoms with Gasteiger partial charge in [0.1, 0.15) is 0 Å². The van der Waals surface area contributed by atoms with Gasteiger partial charge in [-0.3, -0.25) is 0 Å².